The third kappa shape index (κ3) is 4.94. The molecular formula is C16H26N2O. The first kappa shape index (κ1) is 14.5. The van der Waals surface area contributed by atoms with E-state index in [0.29, 0.717) is 6.61 Å². The van der Waals surface area contributed by atoms with Crippen LogP contribution in [0.1, 0.15) is 24.0 Å². The lowest BCUT2D eigenvalue weighted by molar-refractivity contribution is 0.123. The summed E-state index contributed by atoms with van der Waals surface area (Å²) in [6, 6.07) is 8.81. The molecule has 0 amide bonds. The number of nitrogens with zero attached hydrogens (tertiary/aromatic N) is 2. The van der Waals surface area contributed by atoms with Gasteiger partial charge in [0.05, 0.1) is 0 Å². The van der Waals surface area contributed by atoms with Gasteiger partial charge < -0.3 is 10.0 Å². The number of aliphatic hydroxyl groups is 1. The summed E-state index contributed by atoms with van der Waals surface area (Å²) in [5.41, 5.74) is 2.77. The number of unbranched alkanes of at least 4 members (excludes halogenated alkanes) is 1. The molecule has 3 heteroatoms. The Balaban J connectivity index is 1.71. The Bertz CT molecular complexity index is 373. The highest BCUT2D eigenvalue weighted by molar-refractivity contribution is 5.22. The third-order valence-electron chi connectivity index (χ3n) is 3.84. The van der Waals surface area contributed by atoms with E-state index < -0.39 is 0 Å². The molecule has 0 aliphatic carbocycles. The Morgan fingerprint density at radius 1 is 1.05 bits per heavy atom. The lowest BCUT2D eigenvalue weighted by Crippen LogP contribution is -2.46. The van der Waals surface area contributed by atoms with Crippen LogP contribution in [0.2, 0.25) is 0 Å². The smallest absolute Gasteiger partial charge is 0.0431 e. The first-order valence-electron chi connectivity index (χ1n) is 7.39. The van der Waals surface area contributed by atoms with Gasteiger partial charge in [0.25, 0.3) is 0 Å². The fraction of sp³-hybridized carbons (Fsp3) is 0.625. The largest absolute Gasteiger partial charge is 0.396 e. The van der Waals surface area contributed by atoms with E-state index in [-0.39, 0.29) is 0 Å². The van der Waals surface area contributed by atoms with E-state index in [1.165, 1.54) is 11.1 Å². The highest BCUT2D eigenvalue weighted by atomic mass is 16.2. The normalized spacial score (nSPS) is 17.8. The fourth-order valence-electron chi connectivity index (χ4n) is 2.69. The molecule has 106 valence electrons. The number of benzene rings is 1. The van der Waals surface area contributed by atoms with Crippen LogP contribution in [-0.4, -0.2) is 54.2 Å². The van der Waals surface area contributed by atoms with E-state index in [1.807, 2.05) is 0 Å². The average molecular weight is 262 g/mol. The van der Waals surface area contributed by atoms with Crippen molar-refractivity contribution in [1.29, 1.82) is 0 Å². The topological polar surface area (TPSA) is 26.7 Å². The second-order valence-corrected chi connectivity index (χ2v) is 5.54. The van der Waals surface area contributed by atoms with Gasteiger partial charge >= 0.3 is 0 Å². The van der Waals surface area contributed by atoms with Crippen molar-refractivity contribution in [3.8, 4) is 0 Å². The van der Waals surface area contributed by atoms with Crippen molar-refractivity contribution >= 4 is 0 Å². The molecule has 1 aromatic rings. The quantitative estimate of drug-likeness (QED) is 0.793. The maximum atomic E-state index is 8.80. The van der Waals surface area contributed by atoms with Gasteiger partial charge in [-0.1, -0.05) is 29.8 Å². The molecule has 0 unspecified atom stereocenters. The number of aliphatic hydroxyl groups excluding tert-OH is 1. The number of hydrogen-bond acceptors (Lipinski definition) is 3. The highest BCUT2D eigenvalue weighted by Crippen LogP contribution is 2.10. The molecule has 1 N–H and O–H groups in total. The standard InChI is InChI=1S/C16H26N2O/c1-15-5-4-6-16(13-15)14-18-10-8-17(9-11-18)7-2-3-12-19/h4-6,13,19H,2-3,7-12,14H2,1H3. The zero-order chi connectivity index (χ0) is 13.5. The summed E-state index contributed by atoms with van der Waals surface area (Å²) in [5.74, 6) is 0. The van der Waals surface area contributed by atoms with Crippen molar-refractivity contribution < 1.29 is 5.11 Å². The van der Waals surface area contributed by atoms with Gasteiger partial charge in [0.1, 0.15) is 0 Å². The van der Waals surface area contributed by atoms with E-state index in [4.69, 9.17) is 5.11 Å². The summed E-state index contributed by atoms with van der Waals surface area (Å²) in [7, 11) is 0. The molecule has 1 aromatic carbocycles. The lowest BCUT2D eigenvalue weighted by atomic mass is 10.1. The predicted octanol–water partition coefficient (Wildman–Crippen LogP) is 1.89. The summed E-state index contributed by atoms with van der Waals surface area (Å²) in [5, 5.41) is 8.80. The first-order chi connectivity index (χ1) is 9.28. The van der Waals surface area contributed by atoms with Crippen LogP contribution in [0.25, 0.3) is 0 Å². The van der Waals surface area contributed by atoms with E-state index in [1.54, 1.807) is 0 Å². The van der Waals surface area contributed by atoms with Gasteiger partial charge in [-0.05, 0) is 31.9 Å². The lowest BCUT2D eigenvalue weighted by Gasteiger charge is -2.34. The molecule has 1 fully saturated rings. The van der Waals surface area contributed by atoms with E-state index >= 15 is 0 Å². The van der Waals surface area contributed by atoms with Crippen LogP contribution in [0.5, 0.6) is 0 Å². The molecule has 0 spiro atoms. The van der Waals surface area contributed by atoms with Crippen molar-refractivity contribution in [1.82, 2.24) is 9.80 Å². The van der Waals surface area contributed by atoms with E-state index in [0.717, 1.165) is 52.1 Å². The van der Waals surface area contributed by atoms with Crippen LogP contribution in [0.3, 0.4) is 0 Å². The van der Waals surface area contributed by atoms with Gasteiger partial charge in [-0.15, -0.1) is 0 Å². The van der Waals surface area contributed by atoms with Crippen LogP contribution in [0.4, 0.5) is 0 Å². The molecule has 0 saturated carbocycles. The molecule has 0 aromatic heterocycles. The number of rotatable bonds is 6. The fourth-order valence-corrected chi connectivity index (χ4v) is 2.69. The zero-order valence-electron chi connectivity index (χ0n) is 12.0. The van der Waals surface area contributed by atoms with E-state index in [2.05, 4.69) is 41.0 Å². The highest BCUT2D eigenvalue weighted by Gasteiger charge is 2.16. The summed E-state index contributed by atoms with van der Waals surface area (Å²) in [4.78, 5) is 5.06. The van der Waals surface area contributed by atoms with Crippen molar-refractivity contribution in [2.45, 2.75) is 26.3 Å². The van der Waals surface area contributed by atoms with E-state index in [9.17, 15) is 0 Å². The number of aryl methyl sites for hydroxylation is 1. The molecule has 1 saturated heterocycles. The molecule has 0 radical (unpaired) electrons. The first-order valence-corrected chi connectivity index (χ1v) is 7.39. The van der Waals surface area contributed by atoms with Crippen molar-refractivity contribution in [2.75, 3.05) is 39.3 Å². The predicted molar refractivity (Wildman–Crippen MR) is 79.2 cm³/mol. The van der Waals surface area contributed by atoms with Gasteiger partial charge in [0.2, 0.25) is 0 Å². The van der Waals surface area contributed by atoms with Gasteiger partial charge in [-0.25, -0.2) is 0 Å². The average Bonchev–Trinajstić information content (AvgIpc) is 2.41. The Hall–Kier alpha value is -0.900. The minimum atomic E-state index is 0.327. The molecule has 1 aliphatic heterocycles. The van der Waals surface area contributed by atoms with Crippen LogP contribution < -0.4 is 0 Å². The van der Waals surface area contributed by atoms with Crippen molar-refractivity contribution in [3.05, 3.63) is 35.4 Å². The number of piperazine rings is 1. The molecule has 0 atom stereocenters. The molecule has 1 aliphatic rings. The minimum absolute atomic E-state index is 0.327. The van der Waals surface area contributed by atoms with Gasteiger partial charge in [-0.2, -0.15) is 0 Å². The third-order valence-corrected chi connectivity index (χ3v) is 3.84. The number of hydrogen-bond donors (Lipinski definition) is 1. The maximum absolute atomic E-state index is 8.80. The Morgan fingerprint density at radius 2 is 1.79 bits per heavy atom. The van der Waals surface area contributed by atoms with Gasteiger partial charge in [0, 0.05) is 39.3 Å². The summed E-state index contributed by atoms with van der Waals surface area (Å²) in [6.07, 6.45) is 2.05. The van der Waals surface area contributed by atoms with Crippen LogP contribution in [0, 0.1) is 6.92 Å². The second kappa shape index (κ2) is 7.63. The molecule has 2 rings (SSSR count). The Labute approximate surface area is 116 Å². The monoisotopic (exact) mass is 262 g/mol. The van der Waals surface area contributed by atoms with Crippen LogP contribution in [0.15, 0.2) is 24.3 Å². The molecule has 19 heavy (non-hydrogen) atoms. The minimum Gasteiger partial charge on any atom is -0.396 e. The maximum Gasteiger partial charge on any atom is 0.0431 e. The summed E-state index contributed by atoms with van der Waals surface area (Å²) < 4.78 is 0. The molecular weight excluding hydrogens is 236 g/mol. The molecule has 1 heterocycles. The Morgan fingerprint density at radius 3 is 2.47 bits per heavy atom. The summed E-state index contributed by atoms with van der Waals surface area (Å²) >= 11 is 0. The van der Waals surface area contributed by atoms with Gasteiger partial charge in [0.15, 0.2) is 0 Å². The summed E-state index contributed by atoms with van der Waals surface area (Å²) in [6.45, 7) is 9.34. The van der Waals surface area contributed by atoms with Crippen molar-refractivity contribution in [2.24, 2.45) is 0 Å². The molecule has 0 bridgehead atoms. The molecule has 3 nitrogen and oxygen atoms in total. The van der Waals surface area contributed by atoms with Crippen molar-refractivity contribution in [3.63, 3.8) is 0 Å². The second-order valence-electron chi connectivity index (χ2n) is 5.54. The van der Waals surface area contributed by atoms with Gasteiger partial charge in [-0.3, -0.25) is 4.90 Å². The zero-order valence-corrected chi connectivity index (χ0v) is 12.0. The van der Waals surface area contributed by atoms with Crippen LogP contribution >= 0.6 is 0 Å². The van der Waals surface area contributed by atoms with Crippen LogP contribution in [-0.2, 0) is 6.54 Å². The Kier molecular flexibility index (Phi) is 5.83. The SMILES string of the molecule is Cc1cccc(CN2CCN(CCCCO)CC2)c1.